The van der Waals surface area contributed by atoms with E-state index in [0.717, 1.165) is 5.56 Å². The van der Waals surface area contributed by atoms with Crippen LogP contribution in [0, 0.1) is 13.8 Å². The van der Waals surface area contributed by atoms with Crippen molar-refractivity contribution in [1.29, 1.82) is 0 Å². The quantitative estimate of drug-likeness (QED) is 0.699. The van der Waals surface area contributed by atoms with E-state index in [1.807, 2.05) is 6.92 Å². The topological polar surface area (TPSA) is 92.3 Å². The van der Waals surface area contributed by atoms with Gasteiger partial charge in [-0.05, 0) is 32.4 Å². The number of hydrogen-bond donors (Lipinski definition) is 2. The Morgan fingerprint density at radius 3 is 2.36 bits per heavy atom. The molecule has 7 heteroatoms. The maximum Gasteiger partial charge on any atom is 0.240 e. The fourth-order valence-corrected chi connectivity index (χ4v) is 3.20. The van der Waals surface area contributed by atoms with E-state index in [2.05, 4.69) is 10.0 Å². The summed E-state index contributed by atoms with van der Waals surface area (Å²) < 4.78 is 26.8. The van der Waals surface area contributed by atoms with Crippen molar-refractivity contribution >= 4 is 21.7 Å². The Bertz CT molecular complexity index is 654. The van der Waals surface area contributed by atoms with Crippen LogP contribution in [0.1, 0.15) is 30.9 Å². The summed E-state index contributed by atoms with van der Waals surface area (Å²) in [6.45, 7) is 5.34. The van der Waals surface area contributed by atoms with E-state index in [0.29, 0.717) is 5.56 Å². The largest absolute Gasteiger partial charge is 0.355 e. The Morgan fingerprint density at radius 2 is 1.77 bits per heavy atom. The molecule has 0 aromatic heterocycles. The first-order valence-corrected chi connectivity index (χ1v) is 8.54. The van der Waals surface area contributed by atoms with Crippen molar-refractivity contribution in [2.75, 3.05) is 13.1 Å². The van der Waals surface area contributed by atoms with Crippen LogP contribution >= 0.6 is 0 Å². The molecular weight excluding hydrogens is 304 g/mol. The van der Waals surface area contributed by atoms with Crippen LogP contribution in [-0.2, 0) is 19.6 Å². The first-order chi connectivity index (χ1) is 10.2. The minimum Gasteiger partial charge on any atom is -0.355 e. The molecule has 0 atom stereocenters. The summed E-state index contributed by atoms with van der Waals surface area (Å²) in [5.41, 5.74) is 1.67. The van der Waals surface area contributed by atoms with E-state index >= 15 is 0 Å². The molecule has 0 saturated carbocycles. The first kappa shape index (κ1) is 18.3. The molecule has 6 nitrogen and oxygen atoms in total. The van der Waals surface area contributed by atoms with Crippen LogP contribution in [0.15, 0.2) is 23.1 Å². The van der Waals surface area contributed by atoms with Gasteiger partial charge in [-0.3, -0.25) is 4.79 Å². The number of carbonyl (C=O) groups excluding carboxylic acids is 2. The molecule has 2 N–H and O–H groups in total. The maximum absolute atomic E-state index is 12.2. The van der Waals surface area contributed by atoms with Gasteiger partial charge in [0.25, 0.3) is 0 Å². The molecule has 22 heavy (non-hydrogen) atoms. The van der Waals surface area contributed by atoms with Gasteiger partial charge in [0.15, 0.2) is 0 Å². The predicted molar refractivity (Wildman–Crippen MR) is 84.0 cm³/mol. The number of sulfonamides is 1. The van der Waals surface area contributed by atoms with Crippen molar-refractivity contribution in [2.24, 2.45) is 0 Å². The van der Waals surface area contributed by atoms with Crippen LogP contribution < -0.4 is 10.0 Å². The lowest BCUT2D eigenvalue weighted by Crippen LogP contribution is -2.35. The van der Waals surface area contributed by atoms with Crippen molar-refractivity contribution in [2.45, 2.75) is 38.5 Å². The number of nitrogens with one attached hydrogen (secondary N) is 2. The SMILES string of the molecule is CC(=O)CCC(=O)NCCNS(=O)(=O)c1ccc(C)cc1C. The lowest BCUT2D eigenvalue weighted by Gasteiger charge is -2.10. The van der Waals surface area contributed by atoms with Gasteiger partial charge in [0.2, 0.25) is 15.9 Å². The molecule has 0 fully saturated rings. The monoisotopic (exact) mass is 326 g/mol. The molecule has 1 amide bonds. The van der Waals surface area contributed by atoms with Crippen molar-refractivity contribution < 1.29 is 18.0 Å². The number of carbonyl (C=O) groups is 2. The average Bonchev–Trinajstić information content (AvgIpc) is 2.41. The molecule has 0 radical (unpaired) electrons. The minimum atomic E-state index is -3.59. The molecule has 1 aromatic carbocycles. The molecule has 0 unspecified atom stereocenters. The molecule has 0 spiro atoms. The second-order valence-corrected chi connectivity index (χ2v) is 6.95. The molecule has 0 aliphatic heterocycles. The standard InChI is InChI=1S/C15H22N2O4S/c1-11-4-6-14(12(2)10-11)22(20,21)17-9-8-16-15(19)7-5-13(3)18/h4,6,10,17H,5,7-9H2,1-3H3,(H,16,19). The lowest BCUT2D eigenvalue weighted by atomic mass is 10.2. The van der Waals surface area contributed by atoms with Crippen molar-refractivity contribution in [3.8, 4) is 0 Å². The highest BCUT2D eigenvalue weighted by Gasteiger charge is 2.16. The molecule has 0 aliphatic rings. The Hall–Kier alpha value is -1.73. The van der Waals surface area contributed by atoms with Crippen molar-refractivity contribution in [1.82, 2.24) is 10.0 Å². The fraction of sp³-hybridized carbons (Fsp3) is 0.467. The van der Waals surface area contributed by atoms with E-state index in [4.69, 9.17) is 0 Å². The van der Waals surface area contributed by atoms with Crippen molar-refractivity contribution in [3.05, 3.63) is 29.3 Å². The molecule has 1 rings (SSSR count). The second kappa shape index (κ2) is 8.05. The number of Topliss-reactive ketones (excluding diaryl/α,β-unsaturated/α-hetero) is 1. The summed E-state index contributed by atoms with van der Waals surface area (Å²) >= 11 is 0. The number of hydrogen-bond acceptors (Lipinski definition) is 4. The molecule has 122 valence electrons. The Kier molecular flexibility index (Phi) is 6.70. The van der Waals surface area contributed by atoms with Crippen LogP contribution in [0.2, 0.25) is 0 Å². The predicted octanol–water partition coefficient (Wildman–Crippen LogP) is 1.07. The maximum atomic E-state index is 12.2. The van der Waals surface area contributed by atoms with E-state index in [-0.39, 0.29) is 42.5 Å². The Balaban J connectivity index is 2.46. The van der Waals surface area contributed by atoms with E-state index in [1.54, 1.807) is 25.1 Å². The van der Waals surface area contributed by atoms with Crippen LogP contribution in [0.25, 0.3) is 0 Å². The zero-order valence-electron chi connectivity index (χ0n) is 13.1. The third-order valence-electron chi connectivity index (χ3n) is 3.06. The van der Waals surface area contributed by atoms with E-state index in [1.165, 1.54) is 6.92 Å². The molecule has 0 heterocycles. The highest BCUT2D eigenvalue weighted by molar-refractivity contribution is 7.89. The van der Waals surface area contributed by atoms with E-state index < -0.39 is 10.0 Å². The first-order valence-electron chi connectivity index (χ1n) is 7.05. The molecule has 0 saturated heterocycles. The number of aryl methyl sites for hydroxylation is 2. The fourth-order valence-electron chi connectivity index (χ4n) is 1.94. The van der Waals surface area contributed by atoms with E-state index in [9.17, 15) is 18.0 Å². The Morgan fingerprint density at radius 1 is 1.09 bits per heavy atom. The summed E-state index contributed by atoms with van der Waals surface area (Å²) in [4.78, 5) is 22.4. The minimum absolute atomic E-state index is 0.0503. The third-order valence-corrected chi connectivity index (χ3v) is 4.68. The van der Waals surface area contributed by atoms with Crippen LogP contribution in [0.5, 0.6) is 0 Å². The summed E-state index contributed by atoms with van der Waals surface area (Å²) in [6.07, 6.45) is 0.319. The van der Waals surface area contributed by atoms with Gasteiger partial charge in [0.1, 0.15) is 5.78 Å². The number of rotatable bonds is 8. The number of ketones is 1. The van der Waals surface area contributed by atoms with Gasteiger partial charge in [-0.1, -0.05) is 17.7 Å². The average molecular weight is 326 g/mol. The smallest absolute Gasteiger partial charge is 0.240 e. The Labute approximate surface area is 131 Å². The van der Waals surface area contributed by atoms with Gasteiger partial charge in [-0.2, -0.15) is 0 Å². The summed E-state index contributed by atoms with van der Waals surface area (Å²) in [5.74, 6) is -0.313. The second-order valence-electron chi connectivity index (χ2n) is 5.22. The zero-order chi connectivity index (χ0) is 16.8. The van der Waals surface area contributed by atoms with Gasteiger partial charge in [0.05, 0.1) is 4.90 Å². The number of benzene rings is 1. The normalized spacial score (nSPS) is 11.2. The van der Waals surface area contributed by atoms with Gasteiger partial charge in [0, 0.05) is 25.9 Å². The highest BCUT2D eigenvalue weighted by Crippen LogP contribution is 2.15. The summed E-state index contributed by atoms with van der Waals surface area (Å²) in [6, 6.07) is 5.11. The summed E-state index contributed by atoms with van der Waals surface area (Å²) in [5, 5.41) is 2.57. The summed E-state index contributed by atoms with van der Waals surface area (Å²) in [7, 11) is -3.59. The van der Waals surface area contributed by atoms with Gasteiger partial charge in [-0.15, -0.1) is 0 Å². The molecule has 1 aromatic rings. The highest BCUT2D eigenvalue weighted by atomic mass is 32.2. The molecule has 0 bridgehead atoms. The molecule has 0 aliphatic carbocycles. The van der Waals surface area contributed by atoms with Crippen LogP contribution in [0.4, 0.5) is 0 Å². The van der Waals surface area contributed by atoms with Crippen molar-refractivity contribution in [3.63, 3.8) is 0 Å². The number of amides is 1. The van der Waals surface area contributed by atoms with Gasteiger partial charge >= 0.3 is 0 Å². The lowest BCUT2D eigenvalue weighted by molar-refractivity contribution is -0.124. The molecular formula is C15H22N2O4S. The van der Waals surface area contributed by atoms with Gasteiger partial charge < -0.3 is 10.1 Å². The van der Waals surface area contributed by atoms with Crippen LogP contribution in [0.3, 0.4) is 0 Å². The zero-order valence-corrected chi connectivity index (χ0v) is 13.9. The van der Waals surface area contributed by atoms with Crippen LogP contribution in [-0.4, -0.2) is 33.2 Å². The third kappa shape index (κ3) is 5.95. The van der Waals surface area contributed by atoms with Gasteiger partial charge in [-0.25, -0.2) is 13.1 Å².